The SMILES string of the molecule is Cc1ccccc1CNC(C(=O)O)c1cn(Cc2ccccc2)c2ccccc12. The van der Waals surface area contributed by atoms with Gasteiger partial charge in [-0.15, -0.1) is 0 Å². The molecule has 1 aromatic heterocycles. The van der Waals surface area contributed by atoms with Crippen LogP contribution in [-0.2, 0) is 17.9 Å². The van der Waals surface area contributed by atoms with Crippen molar-refractivity contribution in [3.63, 3.8) is 0 Å². The lowest BCUT2D eigenvalue weighted by molar-refractivity contribution is -0.139. The molecule has 4 rings (SSSR count). The minimum Gasteiger partial charge on any atom is -0.480 e. The molecule has 0 saturated carbocycles. The van der Waals surface area contributed by atoms with Gasteiger partial charge in [-0.05, 0) is 29.7 Å². The van der Waals surface area contributed by atoms with Gasteiger partial charge in [-0.2, -0.15) is 0 Å². The molecule has 0 aliphatic rings. The summed E-state index contributed by atoms with van der Waals surface area (Å²) >= 11 is 0. The van der Waals surface area contributed by atoms with Crippen molar-refractivity contribution in [1.82, 2.24) is 9.88 Å². The van der Waals surface area contributed by atoms with Crippen LogP contribution in [0.25, 0.3) is 10.9 Å². The quantitative estimate of drug-likeness (QED) is 0.476. The van der Waals surface area contributed by atoms with E-state index in [1.807, 2.05) is 79.9 Å². The summed E-state index contributed by atoms with van der Waals surface area (Å²) in [6.45, 7) is 3.24. The molecule has 0 aliphatic carbocycles. The number of carboxylic acid groups (broad SMARTS) is 1. The minimum absolute atomic E-state index is 0.502. The van der Waals surface area contributed by atoms with E-state index in [0.29, 0.717) is 13.1 Å². The number of rotatable bonds is 7. The second kappa shape index (κ2) is 8.33. The van der Waals surface area contributed by atoms with Crippen LogP contribution in [0.1, 0.15) is 28.3 Å². The molecule has 4 heteroatoms. The van der Waals surface area contributed by atoms with Crippen LogP contribution < -0.4 is 5.32 Å². The van der Waals surface area contributed by atoms with Gasteiger partial charge in [0, 0.05) is 35.8 Å². The third-order valence-corrected chi connectivity index (χ3v) is 5.33. The molecule has 0 spiro atoms. The third-order valence-electron chi connectivity index (χ3n) is 5.33. The van der Waals surface area contributed by atoms with Crippen molar-refractivity contribution in [2.45, 2.75) is 26.1 Å². The van der Waals surface area contributed by atoms with Crippen LogP contribution in [0, 0.1) is 6.92 Å². The number of benzene rings is 3. The van der Waals surface area contributed by atoms with Crippen LogP contribution in [0.2, 0.25) is 0 Å². The number of nitrogens with zero attached hydrogens (tertiary/aromatic N) is 1. The van der Waals surface area contributed by atoms with Gasteiger partial charge in [0.2, 0.25) is 0 Å². The number of carbonyl (C=O) groups is 1. The van der Waals surface area contributed by atoms with Crippen molar-refractivity contribution in [3.8, 4) is 0 Å². The lowest BCUT2D eigenvalue weighted by atomic mass is 10.0. The van der Waals surface area contributed by atoms with E-state index in [1.165, 1.54) is 5.56 Å². The number of fused-ring (bicyclic) bond motifs is 1. The van der Waals surface area contributed by atoms with Crippen molar-refractivity contribution in [2.75, 3.05) is 0 Å². The van der Waals surface area contributed by atoms with E-state index < -0.39 is 12.0 Å². The zero-order valence-corrected chi connectivity index (χ0v) is 16.4. The number of hydrogen-bond acceptors (Lipinski definition) is 2. The summed E-state index contributed by atoms with van der Waals surface area (Å²) in [7, 11) is 0. The second-order valence-corrected chi connectivity index (χ2v) is 7.29. The third kappa shape index (κ3) is 4.08. The molecule has 1 heterocycles. The summed E-state index contributed by atoms with van der Waals surface area (Å²) in [5, 5.41) is 14.2. The molecular weight excluding hydrogens is 360 g/mol. The maximum atomic E-state index is 12.1. The number of aromatic nitrogens is 1. The van der Waals surface area contributed by atoms with Gasteiger partial charge < -0.3 is 9.67 Å². The van der Waals surface area contributed by atoms with Gasteiger partial charge in [-0.25, -0.2) is 0 Å². The van der Waals surface area contributed by atoms with Crippen molar-refractivity contribution < 1.29 is 9.90 Å². The van der Waals surface area contributed by atoms with Gasteiger partial charge in [0.15, 0.2) is 0 Å². The van der Waals surface area contributed by atoms with Gasteiger partial charge in [0.05, 0.1) is 0 Å². The highest BCUT2D eigenvalue weighted by Gasteiger charge is 2.24. The molecule has 29 heavy (non-hydrogen) atoms. The summed E-state index contributed by atoms with van der Waals surface area (Å²) < 4.78 is 2.13. The van der Waals surface area contributed by atoms with Crippen molar-refractivity contribution in [1.29, 1.82) is 0 Å². The predicted molar refractivity (Wildman–Crippen MR) is 116 cm³/mol. The van der Waals surface area contributed by atoms with Crippen LogP contribution >= 0.6 is 0 Å². The number of carboxylic acids is 1. The Bertz CT molecular complexity index is 1130. The molecule has 0 bridgehead atoms. The van der Waals surface area contributed by atoms with Crippen LogP contribution in [0.5, 0.6) is 0 Å². The molecule has 2 N–H and O–H groups in total. The fourth-order valence-electron chi connectivity index (χ4n) is 3.77. The Morgan fingerprint density at radius 3 is 2.41 bits per heavy atom. The molecule has 1 unspecified atom stereocenters. The Morgan fingerprint density at radius 1 is 0.966 bits per heavy atom. The molecule has 146 valence electrons. The molecule has 1 atom stereocenters. The monoisotopic (exact) mass is 384 g/mol. The van der Waals surface area contributed by atoms with Crippen molar-refractivity contribution in [2.24, 2.45) is 0 Å². The Hall–Kier alpha value is -3.37. The van der Waals surface area contributed by atoms with Gasteiger partial charge >= 0.3 is 5.97 Å². The summed E-state index contributed by atoms with van der Waals surface area (Å²) in [6.07, 6.45) is 1.97. The lowest BCUT2D eigenvalue weighted by Crippen LogP contribution is -2.28. The molecular formula is C25H24N2O2. The Labute approximate surface area is 170 Å². The summed E-state index contributed by atoms with van der Waals surface area (Å²) in [5.74, 6) is -0.874. The highest BCUT2D eigenvalue weighted by Crippen LogP contribution is 2.28. The van der Waals surface area contributed by atoms with E-state index >= 15 is 0 Å². The number of aliphatic carboxylic acids is 1. The van der Waals surface area contributed by atoms with E-state index in [-0.39, 0.29) is 0 Å². The molecule has 0 saturated heterocycles. The first-order valence-corrected chi connectivity index (χ1v) is 9.76. The normalized spacial score (nSPS) is 12.2. The Balaban J connectivity index is 1.68. The van der Waals surface area contributed by atoms with E-state index in [1.54, 1.807) is 0 Å². The number of aryl methyl sites for hydroxylation is 1. The van der Waals surface area contributed by atoms with E-state index in [9.17, 15) is 9.90 Å². The maximum absolute atomic E-state index is 12.1. The van der Waals surface area contributed by atoms with Crippen LogP contribution in [0.4, 0.5) is 0 Å². The Morgan fingerprint density at radius 2 is 1.66 bits per heavy atom. The number of hydrogen-bond donors (Lipinski definition) is 2. The van der Waals surface area contributed by atoms with E-state index in [2.05, 4.69) is 22.0 Å². The van der Waals surface area contributed by atoms with Crippen LogP contribution in [-0.4, -0.2) is 15.6 Å². The van der Waals surface area contributed by atoms with Crippen molar-refractivity contribution >= 4 is 16.9 Å². The fourth-order valence-corrected chi connectivity index (χ4v) is 3.77. The highest BCUT2D eigenvalue weighted by molar-refractivity contribution is 5.89. The van der Waals surface area contributed by atoms with Crippen LogP contribution in [0.3, 0.4) is 0 Å². The molecule has 0 aliphatic heterocycles. The standard InChI is InChI=1S/C25H24N2O2/c1-18-9-5-6-12-20(18)15-26-24(25(28)29)22-17-27(16-19-10-3-2-4-11-19)23-14-8-7-13-21(22)23/h2-14,17,24,26H,15-16H2,1H3,(H,28,29). The lowest BCUT2D eigenvalue weighted by Gasteiger charge is -2.15. The highest BCUT2D eigenvalue weighted by atomic mass is 16.4. The Kier molecular flexibility index (Phi) is 5.45. The molecule has 4 nitrogen and oxygen atoms in total. The van der Waals surface area contributed by atoms with Crippen molar-refractivity contribution in [3.05, 3.63) is 107 Å². The number of para-hydroxylation sites is 1. The predicted octanol–water partition coefficient (Wildman–Crippen LogP) is 4.91. The molecule has 0 radical (unpaired) electrons. The first kappa shape index (κ1) is 19.0. The smallest absolute Gasteiger partial charge is 0.325 e. The van der Waals surface area contributed by atoms with Gasteiger partial charge in [-0.3, -0.25) is 10.1 Å². The summed E-state index contributed by atoms with van der Waals surface area (Å²) in [5.41, 5.74) is 5.26. The van der Waals surface area contributed by atoms with Gasteiger partial charge in [0.1, 0.15) is 6.04 Å². The van der Waals surface area contributed by atoms with Gasteiger partial charge in [0.25, 0.3) is 0 Å². The minimum atomic E-state index is -0.874. The molecule has 4 aromatic rings. The largest absolute Gasteiger partial charge is 0.480 e. The summed E-state index contributed by atoms with van der Waals surface area (Å²) in [4.78, 5) is 12.1. The van der Waals surface area contributed by atoms with E-state index in [0.717, 1.165) is 27.6 Å². The van der Waals surface area contributed by atoms with E-state index in [4.69, 9.17) is 0 Å². The number of nitrogens with one attached hydrogen (secondary N) is 1. The fraction of sp³-hybridized carbons (Fsp3) is 0.160. The molecule has 3 aromatic carbocycles. The molecule has 0 amide bonds. The zero-order chi connectivity index (χ0) is 20.2. The topological polar surface area (TPSA) is 54.3 Å². The first-order valence-electron chi connectivity index (χ1n) is 9.76. The zero-order valence-electron chi connectivity index (χ0n) is 16.4. The summed E-state index contributed by atoms with van der Waals surface area (Å²) in [6, 6.07) is 25.4. The van der Waals surface area contributed by atoms with Gasteiger partial charge in [-0.1, -0.05) is 72.8 Å². The first-order chi connectivity index (χ1) is 14.1. The second-order valence-electron chi connectivity index (χ2n) is 7.29. The average molecular weight is 384 g/mol. The van der Waals surface area contributed by atoms with Crippen LogP contribution in [0.15, 0.2) is 85.1 Å². The maximum Gasteiger partial charge on any atom is 0.325 e. The average Bonchev–Trinajstić information content (AvgIpc) is 3.08. The molecule has 0 fully saturated rings.